The summed E-state index contributed by atoms with van der Waals surface area (Å²) in [5, 5.41) is 3.28. The average molecular weight is 265 g/mol. The van der Waals surface area contributed by atoms with Gasteiger partial charge in [-0.05, 0) is 42.4 Å². The summed E-state index contributed by atoms with van der Waals surface area (Å²) in [4.78, 5) is 12.0. The lowest BCUT2D eigenvalue weighted by Crippen LogP contribution is -2.48. The zero-order chi connectivity index (χ0) is 14.5. The molecule has 0 radical (unpaired) electrons. The molecule has 0 aromatic heterocycles. The Balaban J connectivity index is 2.30. The van der Waals surface area contributed by atoms with Gasteiger partial charge in [0.15, 0.2) is 0 Å². The molecule has 0 aromatic carbocycles. The van der Waals surface area contributed by atoms with Crippen LogP contribution in [0.5, 0.6) is 0 Å². The van der Waals surface area contributed by atoms with Crippen molar-refractivity contribution in [2.45, 2.75) is 79.7 Å². The van der Waals surface area contributed by atoms with Gasteiger partial charge in [-0.3, -0.25) is 4.79 Å². The van der Waals surface area contributed by atoms with E-state index in [2.05, 4.69) is 46.9 Å². The number of carbonyl (C=O) groups is 1. The van der Waals surface area contributed by atoms with Gasteiger partial charge in [-0.1, -0.05) is 41.5 Å². The number of amides is 1. The number of rotatable bonds is 2. The molecule has 1 unspecified atom stereocenters. The second-order valence-electron chi connectivity index (χ2n) is 9.15. The summed E-state index contributed by atoms with van der Waals surface area (Å²) in [7, 11) is 0. The quantitative estimate of drug-likeness (QED) is 0.798. The van der Waals surface area contributed by atoms with Gasteiger partial charge >= 0.3 is 0 Å². The summed E-state index contributed by atoms with van der Waals surface area (Å²) in [5.74, 6) is 0.924. The van der Waals surface area contributed by atoms with Crippen molar-refractivity contribution in [3.8, 4) is 0 Å². The van der Waals surface area contributed by atoms with Crippen LogP contribution in [0.3, 0.4) is 0 Å². The van der Waals surface area contributed by atoms with E-state index in [9.17, 15) is 4.79 Å². The fourth-order valence-electron chi connectivity index (χ4n) is 5.38. The van der Waals surface area contributed by atoms with Crippen molar-refractivity contribution >= 4 is 5.91 Å². The zero-order valence-corrected chi connectivity index (χ0v) is 13.6. The van der Waals surface area contributed by atoms with E-state index in [1.165, 1.54) is 19.3 Å². The van der Waals surface area contributed by atoms with Crippen LogP contribution < -0.4 is 5.32 Å². The summed E-state index contributed by atoms with van der Waals surface area (Å²) < 4.78 is 0. The van der Waals surface area contributed by atoms with E-state index in [0.717, 1.165) is 12.8 Å². The Kier molecular flexibility index (Phi) is 3.52. The first kappa shape index (κ1) is 14.9. The Morgan fingerprint density at radius 3 is 2.11 bits per heavy atom. The van der Waals surface area contributed by atoms with Crippen LogP contribution in [0.4, 0.5) is 0 Å². The lowest BCUT2D eigenvalue weighted by molar-refractivity contribution is -0.120. The standard InChI is InChI=1S/C17H31NO/c1-12(2)7-13-17(8-14(19)18-13)10-15(3,4)9-16(5,6)11-17/h12-13H,7-11H2,1-6H3,(H,18,19). The summed E-state index contributed by atoms with van der Waals surface area (Å²) in [6, 6.07) is 0.388. The zero-order valence-electron chi connectivity index (χ0n) is 13.6. The molecule has 0 bridgehead atoms. The molecule has 2 nitrogen and oxygen atoms in total. The largest absolute Gasteiger partial charge is 0.353 e. The smallest absolute Gasteiger partial charge is 0.220 e. The third kappa shape index (κ3) is 3.14. The molecule has 1 N–H and O–H groups in total. The Morgan fingerprint density at radius 1 is 1.11 bits per heavy atom. The van der Waals surface area contributed by atoms with Crippen LogP contribution in [0.1, 0.15) is 73.6 Å². The molecule has 1 saturated carbocycles. The summed E-state index contributed by atoms with van der Waals surface area (Å²) >= 11 is 0. The lowest BCUT2D eigenvalue weighted by atomic mass is 9.52. The van der Waals surface area contributed by atoms with Crippen molar-refractivity contribution in [3.63, 3.8) is 0 Å². The lowest BCUT2D eigenvalue weighted by Gasteiger charge is -2.52. The third-order valence-corrected chi connectivity index (χ3v) is 4.91. The SMILES string of the molecule is CC(C)CC1NC(=O)CC12CC(C)(C)CC(C)(C)C2. The molecular weight excluding hydrogens is 234 g/mol. The monoisotopic (exact) mass is 265 g/mol. The fraction of sp³-hybridized carbons (Fsp3) is 0.941. The van der Waals surface area contributed by atoms with E-state index >= 15 is 0 Å². The molecule has 1 amide bonds. The molecule has 0 aromatic rings. The van der Waals surface area contributed by atoms with Crippen molar-refractivity contribution < 1.29 is 4.79 Å². The summed E-state index contributed by atoms with van der Waals surface area (Å²) in [5.41, 5.74) is 0.902. The fourth-order valence-corrected chi connectivity index (χ4v) is 5.38. The van der Waals surface area contributed by atoms with Crippen LogP contribution in [0.25, 0.3) is 0 Å². The number of nitrogens with one attached hydrogen (secondary N) is 1. The minimum absolute atomic E-state index is 0.201. The number of hydrogen-bond donors (Lipinski definition) is 1. The molecule has 1 aliphatic carbocycles. The first-order chi connectivity index (χ1) is 8.54. The Bertz CT molecular complexity index is 351. The Morgan fingerprint density at radius 2 is 1.63 bits per heavy atom. The van der Waals surface area contributed by atoms with Gasteiger partial charge in [0.25, 0.3) is 0 Å². The Hall–Kier alpha value is -0.530. The molecule has 1 atom stereocenters. The van der Waals surface area contributed by atoms with Crippen LogP contribution >= 0.6 is 0 Å². The van der Waals surface area contributed by atoms with Crippen LogP contribution in [-0.4, -0.2) is 11.9 Å². The molecule has 2 aliphatic rings. The third-order valence-electron chi connectivity index (χ3n) is 4.91. The summed E-state index contributed by atoms with van der Waals surface area (Å²) in [6.07, 6.45) is 5.53. The molecule has 1 saturated heterocycles. The highest BCUT2D eigenvalue weighted by Gasteiger charge is 2.55. The highest BCUT2D eigenvalue weighted by atomic mass is 16.2. The van der Waals surface area contributed by atoms with Crippen LogP contribution in [0, 0.1) is 22.2 Å². The van der Waals surface area contributed by atoms with Gasteiger partial charge in [-0.25, -0.2) is 0 Å². The molecular formula is C17H31NO. The topological polar surface area (TPSA) is 29.1 Å². The van der Waals surface area contributed by atoms with Gasteiger partial charge in [0.05, 0.1) is 0 Å². The normalized spacial score (nSPS) is 31.7. The molecule has 19 heavy (non-hydrogen) atoms. The maximum Gasteiger partial charge on any atom is 0.220 e. The predicted octanol–water partition coefficient (Wildman–Crippen LogP) is 4.14. The highest BCUT2D eigenvalue weighted by molar-refractivity contribution is 5.80. The molecule has 1 heterocycles. The number of hydrogen-bond acceptors (Lipinski definition) is 1. The maximum absolute atomic E-state index is 12.0. The molecule has 2 fully saturated rings. The van der Waals surface area contributed by atoms with Gasteiger partial charge in [0.1, 0.15) is 0 Å². The first-order valence-electron chi connectivity index (χ1n) is 7.83. The van der Waals surface area contributed by atoms with Gasteiger partial charge in [0.2, 0.25) is 5.91 Å². The second kappa shape index (κ2) is 4.49. The van der Waals surface area contributed by atoms with Gasteiger partial charge in [-0.15, -0.1) is 0 Å². The number of carbonyl (C=O) groups excluding carboxylic acids is 1. The van der Waals surface area contributed by atoms with Crippen LogP contribution in [-0.2, 0) is 4.79 Å². The van der Waals surface area contributed by atoms with E-state index in [1.807, 2.05) is 0 Å². The van der Waals surface area contributed by atoms with Gasteiger partial charge in [-0.2, -0.15) is 0 Å². The molecule has 110 valence electrons. The van der Waals surface area contributed by atoms with E-state index < -0.39 is 0 Å². The minimum atomic E-state index is 0.201. The highest BCUT2D eigenvalue weighted by Crippen LogP contribution is 2.58. The van der Waals surface area contributed by atoms with E-state index in [4.69, 9.17) is 0 Å². The Labute approximate surface area is 118 Å². The molecule has 2 rings (SSSR count). The first-order valence-corrected chi connectivity index (χ1v) is 7.83. The van der Waals surface area contributed by atoms with Crippen molar-refractivity contribution in [1.29, 1.82) is 0 Å². The van der Waals surface area contributed by atoms with Crippen LogP contribution in [0.15, 0.2) is 0 Å². The van der Waals surface area contributed by atoms with Crippen molar-refractivity contribution in [2.24, 2.45) is 22.2 Å². The summed E-state index contributed by atoms with van der Waals surface area (Å²) in [6.45, 7) is 14.0. The van der Waals surface area contributed by atoms with Gasteiger partial charge in [0, 0.05) is 17.9 Å². The van der Waals surface area contributed by atoms with Crippen molar-refractivity contribution in [2.75, 3.05) is 0 Å². The van der Waals surface area contributed by atoms with Crippen molar-refractivity contribution in [1.82, 2.24) is 5.32 Å². The van der Waals surface area contributed by atoms with Crippen molar-refractivity contribution in [3.05, 3.63) is 0 Å². The second-order valence-corrected chi connectivity index (χ2v) is 9.15. The molecule has 2 heteroatoms. The average Bonchev–Trinajstić information content (AvgIpc) is 2.33. The van der Waals surface area contributed by atoms with Crippen LogP contribution in [0.2, 0.25) is 0 Å². The predicted molar refractivity (Wildman–Crippen MR) is 79.8 cm³/mol. The van der Waals surface area contributed by atoms with Gasteiger partial charge < -0.3 is 5.32 Å². The molecule has 1 aliphatic heterocycles. The van der Waals surface area contributed by atoms with E-state index in [-0.39, 0.29) is 11.3 Å². The van der Waals surface area contributed by atoms with E-state index in [0.29, 0.717) is 22.8 Å². The maximum atomic E-state index is 12.0. The minimum Gasteiger partial charge on any atom is -0.353 e. The molecule has 1 spiro atoms. The van der Waals surface area contributed by atoms with E-state index in [1.54, 1.807) is 0 Å².